The number of aryl methyl sites for hydroxylation is 1. The van der Waals surface area contributed by atoms with Crippen molar-refractivity contribution >= 4 is 39.8 Å². The third kappa shape index (κ3) is 5.99. The minimum atomic E-state index is -1.09. The molecule has 41 heavy (non-hydrogen) atoms. The van der Waals surface area contributed by atoms with E-state index in [9.17, 15) is 9.90 Å². The Bertz CT molecular complexity index is 1670. The second kappa shape index (κ2) is 11.9. The van der Waals surface area contributed by atoms with Crippen molar-refractivity contribution in [2.75, 3.05) is 16.9 Å². The summed E-state index contributed by atoms with van der Waals surface area (Å²) in [6, 6.07) is 22.7. The Kier molecular flexibility index (Phi) is 7.77. The Labute approximate surface area is 241 Å². The molecule has 0 saturated heterocycles. The molecule has 1 amide bonds. The van der Waals surface area contributed by atoms with Crippen LogP contribution in [0.5, 0.6) is 5.75 Å². The van der Waals surface area contributed by atoms with Crippen LogP contribution < -0.4 is 20.5 Å². The van der Waals surface area contributed by atoms with Crippen molar-refractivity contribution in [1.29, 1.82) is 0 Å². The number of anilines is 2. The number of hydrogen-bond acceptors (Lipinski definition) is 8. The molecule has 11 heteroatoms. The van der Waals surface area contributed by atoms with E-state index < -0.39 is 6.10 Å². The third-order valence-corrected chi connectivity index (χ3v) is 7.14. The lowest BCUT2D eigenvalue weighted by atomic mass is 10.1. The van der Waals surface area contributed by atoms with E-state index >= 15 is 0 Å². The van der Waals surface area contributed by atoms with Crippen LogP contribution in [0.2, 0.25) is 5.02 Å². The van der Waals surface area contributed by atoms with Crippen LogP contribution in [0.3, 0.4) is 0 Å². The van der Waals surface area contributed by atoms with E-state index in [1.807, 2.05) is 72.9 Å². The molecular formula is C30H28ClN7O3. The summed E-state index contributed by atoms with van der Waals surface area (Å²) in [5, 5.41) is 20.2. The van der Waals surface area contributed by atoms with Gasteiger partial charge in [0.15, 0.2) is 6.10 Å². The number of ether oxygens (including phenoxy) is 1. The molecule has 1 atom stereocenters. The Morgan fingerprint density at radius 1 is 1.02 bits per heavy atom. The van der Waals surface area contributed by atoms with Gasteiger partial charge >= 0.3 is 0 Å². The van der Waals surface area contributed by atoms with Crippen molar-refractivity contribution in [3.05, 3.63) is 107 Å². The first-order valence-corrected chi connectivity index (χ1v) is 13.7. The number of halogens is 1. The first-order valence-electron chi connectivity index (χ1n) is 13.3. The molecule has 0 aliphatic carbocycles. The number of nitrogens with one attached hydrogen (secondary N) is 2. The van der Waals surface area contributed by atoms with Gasteiger partial charge < -0.3 is 20.2 Å². The molecule has 0 radical (unpaired) electrons. The molecule has 3 N–H and O–H groups in total. The zero-order valence-corrected chi connectivity index (χ0v) is 22.8. The van der Waals surface area contributed by atoms with E-state index in [1.54, 1.807) is 21.8 Å². The highest BCUT2D eigenvalue weighted by molar-refractivity contribution is 6.31. The van der Waals surface area contributed by atoms with Gasteiger partial charge in [-0.2, -0.15) is 0 Å². The number of aliphatic hydroxyl groups excluding tert-OH is 1. The number of para-hydroxylation sites is 1. The van der Waals surface area contributed by atoms with Gasteiger partial charge in [0, 0.05) is 41.8 Å². The average Bonchev–Trinajstić information content (AvgIpc) is 3.55. The zero-order valence-electron chi connectivity index (χ0n) is 22.1. The highest BCUT2D eigenvalue weighted by Crippen LogP contribution is 2.35. The number of benzene rings is 3. The number of pyridine rings is 1. The van der Waals surface area contributed by atoms with Gasteiger partial charge in [0.25, 0.3) is 5.91 Å². The molecule has 2 aromatic heterocycles. The largest absolute Gasteiger partial charge is 0.487 e. The SMILES string of the molecule is O=C1C(O)c2ccccc2N1CCCn1cc(COc2ccc(CNNc3ccnc4cc(Cl)ccc34)cc2)nn1. The molecule has 6 rings (SSSR count). The van der Waals surface area contributed by atoms with Crippen molar-refractivity contribution in [2.24, 2.45) is 0 Å². The third-order valence-electron chi connectivity index (χ3n) is 6.91. The highest BCUT2D eigenvalue weighted by Gasteiger charge is 2.35. The van der Waals surface area contributed by atoms with E-state index in [1.165, 1.54) is 0 Å². The lowest BCUT2D eigenvalue weighted by molar-refractivity contribution is -0.125. The maximum Gasteiger partial charge on any atom is 0.260 e. The molecule has 0 bridgehead atoms. The van der Waals surface area contributed by atoms with Crippen LogP contribution in [0.1, 0.15) is 29.3 Å². The molecule has 3 heterocycles. The fourth-order valence-corrected chi connectivity index (χ4v) is 5.00. The minimum Gasteiger partial charge on any atom is -0.487 e. The van der Waals surface area contributed by atoms with Gasteiger partial charge in [-0.05, 0) is 54.4 Å². The van der Waals surface area contributed by atoms with Crippen molar-refractivity contribution in [2.45, 2.75) is 32.2 Å². The normalized spacial score (nSPS) is 14.4. The number of aliphatic hydroxyl groups is 1. The smallest absolute Gasteiger partial charge is 0.260 e. The van der Waals surface area contributed by atoms with E-state index in [-0.39, 0.29) is 5.91 Å². The van der Waals surface area contributed by atoms with E-state index in [4.69, 9.17) is 16.3 Å². The number of rotatable bonds is 11. The number of hydrazine groups is 1. The number of carbonyl (C=O) groups excluding carboxylic acids is 1. The van der Waals surface area contributed by atoms with Gasteiger partial charge in [-0.3, -0.25) is 14.5 Å². The molecule has 0 spiro atoms. The van der Waals surface area contributed by atoms with Gasteiger partial charge in [0.05, 0.1) is 23.1 Å². The fourth-order valence-electron chi connectivity index (χ4n) is 4.83. The first-order chi connectivity index (χ1) is 20.0. The quantitative estimate of drug-likeness (QED) is 0.197. The maximum absolute atomic E-state index is 12.4. The lowest BCUT2D eigenvalue weighted by Crippen LogP contribution is -2.30. The van der Waals surface area contributed by atoms with Gasteiger partial charge in [0.1, 0.15) is 18.1 Å². The Hall–Kier alpha value is -4.51. The fraction of sp³-hybridized carbons (Fsp3) is 0.200. The van der Waals surface area contributed by atoms with Crippen LogP contribution in [0.4, 0.5) is 11.4 Å². The number of carbonyl (C=O) groups is 1. The molecule has 5 aromatic rings. The number of amides is 1. The van der Waals surface area contributed by atoms with Crippen molar-refractivity contribution < 1.29 is 14.6 Å². The summed E-state index contributed by atoms with van der Waals surface area (Å²) in [6.45, 7) is 1.99. The molecule has 10 nitrogen and oxygen atoms in total. The molecule has 1 aliphatic heterocycles. The maximum atomic E-state index is 12.4. The second-order valence-electron chi connectivity index (χ2n) is 9.71. The van der Waals surface area contributed by atoms with Crippen LogP contribution in [-0.4, -0.2) is 37.5 Å². The molecular weight excluding hydrogens is 542 g/mol. The Morgan fingerprint density at radius 2 is 1.88 bits per heavy atom. The molecule has 1 aliphatic rings. The molecule has 3 aromatic carbocycles. The zero-order chi connectivity index (χ0) is 28.2. The van der Waals surface area contributed by atoms with Gasteiger partial charge in [0.2, 0.25) is 0 Å². The minimum absolute atomic E-state index is 0.287. The van der Waals surface area contributed by atoms with Crippen molar-refractivity contribution in [3.8, 4) is 5.75 Å². The molecule has 0 fully saturated rings. The van der Waals surface area contributed by atoms with Crippen molar-refractivity contribution in [1.82, 2.24) is 25.4 Å². The summed E-state index contributed by atoms with van der Waals surface area (Å²) < 4.78 is 7.63. The van der Waals surface area contributed by atoms with Crippen LogP contribution in [0.25, 0.3) is 10.9 Å². The molecule has 0 saturated carbocycles. The summed E-state index contributed by atoms with van der Waals surface area (Å²) in [4.78, 5) is 18.4. The van der Waals surface area contributed by atoms with E-state index in [2.05, 4.69) is 26.1 Å². The number of aromatic nitrogens is 4. The van der Waals surface area contributed by atoms with Crippen LogP contribution in [0.15, 0.2) is 85.2 Å². The molecule has 208 valence electrons. The topological polar surface area (TPSA) is 117 Å². The number of fused-ring (bicyclic) bond motifs is 2. The monoisotopic (exact) mass is 569 g/mol. The number of hydrogen-bond donors (Lipinski definition) is 3. The highest BCUT2D eigenvalue weighted by atomic mass is 35.5. The second-order valence-corrected chi connectivity index (χ2v) is 10.1. The van der Waals surface area contributed by atoms with Gasteiger partial charge in [-0.15, -0.1) is 5.10 Å². The Balaban J connectivity index is 0.947. The summed E-state index contributed by atoms with van der Waals surface area (Å²) in [5.74, 6) is 0.447. The summed E-state index contributed by atoms with van der Waals surface area (Å²) in [5.41, 5.74) is 11.5. The van der Waals surface area contributed by atoms with Crippen LogP contribution >= 0.6 is 11.6 Å². The van der Waals surface area contributed by atoms with E-state index in [0.717, 1.165) is 33.6 Å². The van der Waals surface area contributed by atoms with Crippen LogP contribution in [-0.2, 0) is 24.5 Å². The standard InChI is InChI=1S/C30H28ClN7O3/c31-21-8-11-24-26(12-13-32-27(24)16-21)35-33-17-20-6-9-23(10-7-20)41-19-22-18-37(36-34-22)14-3-15-38-28-5-2-1-4-25(28)29(39)30(38)40/h1-2,4-13,16,18,29,33,39H,3,14-15,17,19H2,(H,32,35). The predicted octanol–water partition coefficient (Wildman–Crippen LogP) is 4.65. The summed E-state index contributed by atoms with van der Waals surface area (Å²) in [7, 11) is 0. The van der Waals surface area contributed by atoms with Crippen LogP contribution in [0, 0.1) is 0 Å². The Morgan fingerprint density at radius 3 is 2.76 bits per heavy atom. The van der Waals surface area contributed by atoms with Gasteiger partial charge in [-0.1, -0.05) is 47.1 Å². The number of nitrogens with zero attached hydrogens (tertiary/aromatic N) is 5. The van der Waals surface area contributed by atoms with Gasteiger partial charge in [-0.25, -0.2) is 5.43 Å². The molecule has 1 unspecified atom stereocenters. The first kappa shape index (κ1) is 26.7. The predicted molar refractivity (Wildman–Crippen MR) is 156 cm³/mol. The average molecular weight is 570 g/mol. The summed E-state index contributed by atoms with van der Waals surface area (Å²) >= 11 is 6.07. The van der Waals surface area contributed by atoms with E-state index in [0.29, 0.717) is 48.9 Å². The van der Waals surface area contributed by atoms with Crippen molar-refractivity contribution in [3.63, 3.8) is 0 Å². The lowest BCUT2D eigenvalue weighted by Gasteiger charge is -2.17. The summed E-state index contributed by atoms with van der Waals surface area (Å²) in [6.07, 6.45) is 3.17.